The summed E-state index contributed by atoms with van der Waals surface area (Å²) in [6.07, 6.45) is 0. The van der Waals surface area contributed by atoms with E-state index >= 15 is 0 Å². The molecule has 144 valence electrons. The van der Waals surface area contributed by atoms with Gasteiger partial charge in [0.1, 0.15) is 23.1 Å². The van der Waals surface area contributed by atoms with Crippen LogP contribution in [-0.4, -0.2) is 17.5 Å². The fourth-order valence-corrected chi connectivity index (χ4v) is 2.63. The number of nitrogens with zero attached hydrogens (tertiary/aromatic N) is 1. The fraction of sp³-hybridized carbons (Fsp3) is 0.182. The Bertz CT molecular complexity index is 938. The highest BCUT2D eigenvalue weighted by molar-refractivity contribution is 5.98. The summed E-state index contributed by atoms with van der Waals surface area (Å²) in [5, 5.41) is 2.85. The molecule has 0 spiro atoms. The number of anilines is 1. The van der Waals surface area contributed by atoms with E-state index in [1.165, 1.54) is 0 Å². The minimum atomic E-state index is -0.250. The lowest BCUT2D eigenvalue weighted by atomic mass is 10.2. The van der Waals surface area contributed by atoms with Crippen molar-refractivity contribution in [2.75, 3.05) is 12.3 Å². The number of carbonyl (C=O) groups is 1. The first-order valence-electron chi connectivity index (χ1n) is 9.06. The van der Waals surface area contributed by atoms with Crippen LogP contribution in [0.15, 0.2) is 60.7 Å². The number of benzene rings is 2. The van der Waals surface area contributed by atoms with E-state index in [1.54, 1.807) is 12.1 Å². The van der Waals surface area contributed by atoms with E-state index in [4.69, 9.17) is 15.2 Å². The van der Waals surface area contributed by atoms with E-state index in [0.29, 0.717) is 24.5 Å². The number of hydrogen-bond acceptors (Lipinski definition) is 5. The number of aromatic nitrogens is 1. The highest BCUT2D eigenvalue weighted by Crippen LogP contribution is 2.24. The number of nitrogens with two attached hydrogens (primary N) is 1. The Hall–Kier alpha value is -3.54. The van der Waals surface area contributed by atoms with Crippen LogP contribution in [0.3, 0.4) is 0 Å². The van der Waals surface area contributed by atoms with E-state index < -0.39 is 0 Å². The molecule has 2 aromatic carbocycles. The summed E-state index contributed by atoms with van der Waals surface area (Å²) in [6, 6.07) is 18.4. The smallest absolute Gasteiger partial charge is 0.255 e. The van der Waals surface area contributed by atoms with Gasteiger partial charge in [0.25, 0.3) is 5.91 Å². The van der Waals surface area contributed by atoms with Gasteiger partial charge in [-0.05, 0) is 67.9 Å². The van der Waals surface area contributed by atoms with Gasteiger partial charge in [-0.3, -0.25) is 4.79 Å². The van der Waals surface area contributed by atoms with Gasteiger partial charge < -0.3 is 20.5 Å². The number of aryl methyl sites for hydroxylation is 1. The summed E-state index contributed by atoms with van der Waals surface area (Å²) in [4.78, 5) is 16.4. The second-order valence-corrected chi connectivity index (χ2v) is 6.22. The maximum absolute atomic E-state index is 12.3. The highest BCUT2D eigenvalue weighted by Gasteiger charge is 2.10. The van der Waals surface area contributed by atoms with Crippen molar-refractivity contribution in [2.45, 2.75) is 20.4 Å². The van der Waals surface area contributed by atoms with Crippen LogP contribution < -0.4 is 20.5 Å². The summed E-state index contributed by atoms with van der Waals surface area (Å²) >= 11 is 0. The van der Waals surface area contributed by atoms with Gasteiger partial charge in [0.05, 0.1) is 12.2 Å². The molecule has 3 aromatic rings. The minimum Gasteiger partial charge on any atom is -0.494 e. The third-order valence-corrected chi connectivity index (χ3v) is 4.06. The number of pyridine rings is 1. The van der Waals surface area contributed by atoms with Gasteiger partial charge in [-0.15, -0.1) is 0 Å². The normalized spacial score (nSPS) is 10.4. The molecule has 1 aromatic heterocycles. The van der Waals surface area contributed by atoms with Gasteiger partial charge in [-0.25, -0.2) is 4.98 Å². The Labute approximate surface area is 164 Å². The largest absolute Gasteiger partial charge is 0.494 e. The van der Waals surface area contributed by atoms with Gasteiger partial charge in [-0.1, -0.05) is 12.1 Å². The first-order chi connectivity index (χ1) is 13.5. The highest BCUT2D eigenvalue weighted by atomic mass is 16.5. The van der Waals surface area contributed by atoms with Crippen molar-refractivity contribution >= 4 is 11.7 Å². The number of amides is 1. The zero-order valence-electron chi connectivity index (χ0n) is 15.9. The van der Waals surface area contributed by atoms with Gasteiger partial charge in [0, 0.05) is 12.2 Å². The van der Waals surface area contributed by atoms with Crippen molar-refractivity contribution in [2.24, 2.45) is 0 Å². The third kappa shape index (κ3) is 5.01. The van der Waals surface area contributed by atoms with Crippen molar-refractivity contribution in [1.29, 1.82) is 0 Å². The molecule has 0 unspecified atom stereocenters. The van der Waals surface area contributed by atoms with Crippen LogP contribution in [0.4, 0.5) is 5.82 Å². The average molecular weight is 377 g/mol. The Morgan fingerprint density at radius 1 is 0.964 bits per heavy atom. The zero-order chi connectivity index (χ0) is 19.9. The molecule has 3 rings (SSSR count). The molecule has 0 saturated heterocycles. The molecule has 28 heavy (non-hydrogen) atoms. The molecule has 0 bridgehead atoms. The van der Waals surface area contributed by atoms with Crippen molar-refractivity contribution in [3.63, 3.8) is 0 Å². The Morgan fingerprint density at radius 2 is 1.57 bits per heavy atom. The summed E-state index contributed by atoms with van der Waals surface area (Å²) in [5.74, 6) is 2.24. The lowest BCUT2D eigenvalue weighted by Gasteiger charge is -2.10. The maximum atomic E-state index is 12.3. The van der Waals surface area contributed by atoms with Crippen molar-refractivity contribution in [1.82, 2.24) is 10.3 Å². The summed E-state index contributed by atoms with van der Waals surface area (Å²) < 4.78 is 11.2. The van der Waals surface area contributed by atoms with Crippen LogP contribution >= 0.6 is 0 Å². The molecule has 6 nitrogen and oxygen atoms in total. The van der Waals surface area contributed by atoms with Crippen LogP contribution in [0, 0.1) is 6.92 Å². The topological polar surface area (TPSA) is 86.5 Å². The first-order valence-corrected chi connectivity index (χ1v) is 9.06. The molecule has 0 radical (unpaired) electrons. The zero-order valence-corrected chi connectivity index (χ0v) is 15.9. The number of nitrogen functional groups attached to an aromatic ring is 1. The number of carbonyl (C=O) groups excluding carboxylic acids is 1. The molecule has 1 heterocycles. The molecule has 0 aliphatic carbocycles. The number of hydrogen-bond donors (Lipinski definition) is 2. The van der Waals surface area contributed by atoms with Crippen LogP contribution in [0.5, 0.6) is 17.2 Å². The van der Waals surface area contributed by atoms with E-state index in [9.17, 15) is 4.79 Å². The maximum Gasteiger partial charge on any atom is 0.255 e. The van der Waals surface area contributed by atoms with Crippen LogP contribution in [0.2, 0.25) is 0 Å². The molecular weight excluding hydrogens is 354 g/mol. The molecular formula is C22H23N3O3. The van der Waals surface area contributed by atoms with Gasteiger partial charge in [0.15, 0.2) is 0 Å². The number of rotatable bonds is 7. The molecule has 3 N–H and O–H groups in total. The predicted molar refractivity (Wildman–Crippen MR) is 109 cm³/mol. The molecule has 0 saturated carbocycles. The predicted octanol–water partition coefficient (Wildman–Crippen LogP) is 4.09. The summed E-state index contributed by atoms with van der Waals surface area (Å²) in [5.41, 5.74) is 7.92. The Kier molecular flexibility index (Phi) is 6.11. The fourth-order valence-electron chi connectivity index (χ4n) is 2.63. The molecule has 0 aliphatic rings. The number of nitrogens with one attached hydrogen (secondary N) is 1. The quantitative estimate of drug-likeness (QED) is 0.647. The lowest BCUT2D eigenvalue weighted by molar-refractivity contribution is 0.0951. The SMILES string of the molecule is CCOc1ccc(Oc2ccc(CNC(=O)c3ccc(C)nc3N)cc2)cc1. The minimum absolute atomic E-state index is 0.233. The van der Waals surface area contributed by atoms with Crippen LogP contribution in [0.25, 0.3) is 0 Å². The van der Waals surface area contributed by atoms with Crippen molar-refractivity contribution < 1.29 is 14.3 Å². The molecule has 1 amide bonds. The van der Waals surface area contributed by atoms with Crippen molar-refractivity contribution in [3.05, 3.63) is 77.5 Å². The number of ether oxygens (including phenoxy) is 2. The third-order valence-electron chi connectivity index (χ3n) is 4.06. The summed E-state index contributed by atoms with van der Waals surface area (Å²) in [7, 11) is 0. The van der Waals surface area contributed by atoms with E-state index in [1.807, 2.05) is 62.4 Å². The monoisotopic (exact) mass is 377 g/mol. The van der Waals surface area contributed by atoms with E-state index in [-0.39, 0.29) is 11.7 Å². The lowest BCUT2D eigenvalue weighted by Crippen LogP contribution is -2.24. The molecule has 0 atom stereocenters. The first kappa shape index (κ1) is 19.2. The molecule has 0 fully saturated rings. The van der Waals surface area contributed by atoms with Crippen molar-refractivity contribution in [3.8, 4) is 17.2 Å². The second kappa shape index (κ2) is 8.90. The standard InChI is InChI=1S/C22H23N3O3/c1-3-27-17-9-11-19(12-10-17)28-18-7-5-16(6-8-18)14-24-22(26)20-13-4-15(2)25-21(20)23/h4-13H,3,14H2,1-2H3,(H2,23,25)(H,24,26). The molecule has 0 aliphatic heterocycles. The second-order valence-electron chi connectivity index (χ2n) is 6.22. The van der Waals surface area contributed by atoms with E-state index in [0.717, 1.165) is 22.8 Å². The Morgan fingerprint density at radius 3 is 2.18 bits per heavy atom. The average Bonchev–Trinajstić information content (AvgIpc) is 2.69. The van der Waals surface area contributed by atoms with E-state index in [2.05, 4.69) is 10.3 Å². The van der Waals surface area contributed by atoms with Crippen LogP contribution in [-0.2, 0) is 6.54 Å². The summed E-state index contributed by atoms with van der Waals surface area (Å²) in [6.45, 7) is 4.79. The molecule has 6 heteroatoms. The Balaban J connectivity index is 1.56. The van der Waals surface area contributed by atoms with Gasteiger partial charge in [-0.2, -0.15) is 0 Å². The van der Waals surface area contributed by atoms with Crippen LogP contribution in [0.1, 0.15) is 28.5 Å². The van der Waals surface area contributed by atoms with Gasteiger partial charge in [0.2, 0.25) is 0 Å². The van der Waals surface area contributed by atoms with Gasteiger partial charge >= 0.3 is 0 Å².